The molecule has 1 aromatic carbocycles. The van der Waals surface area contributed by atoms with Gasteiger partial charge in [-0.05, 0) is 15.9 Å². The zero-order chi connectivity index (χ0) is 11.3. The fourth-order valence-corrected chi connectivity index (χ4v) is 1.34. The number of hydrogen-bond acceptors (Lipinski definition) is 3. The Morgan fingerprint density at radius 3 is 2.53 bits per heavy atom. The molecule has 0 radical (unpaired) electrons. The van der Waals surface area contributed by atoms with Gasteiger partial charge in [0.15, 0.2) is 11.5 Å². The maximum Gasteiger partial charge on any atom is 0.163 e. The Morgan fingerprint density at radius 1 is 1.20 bits per heavy atom. The Balaban J connectivity index is 2.80. The summed E-state index contributed by atoms with van der Waals surface area (Å²) >= 11 is 3.08. The molecule has 15 heavy (non-hydrogen) atoms. The molecule has 0 fully saturated rings. The van der Waals surface area contributed by atoms with Crippen molar-refractivity contribution in [3.63, 3.8) is 0 Å². The predicted octanol–water partition coefficient (Wildman–Crippen LogP) is 2.62. The first-order valence-electron chi connectivity index (χ1n) is 4.33. The van der Waals surface area contributed by atoms with Gasteiger partial charge in [0.1, 0.15) is 12.4 Å². The van der Waals surface area contributed by atoms with E-state index in [-0.39, 0.29) is 5.82 Å². The molecule has 0 saturated carbocycles. The molecule has 0 aliphatic rings. The Morgan fingerprint density at radius 2 is 1.93 bits per heavy atom. The molecule has 0 unspecified atom stereocenters. The van der Waals surface area contributed by atoms with Gasteiger partial charge in [-0.2, -0.15) is 0 Å². The second-order valence-electron chi connectivity index (χ2n) is 2.76. The summed E-state index contributed by atoms with van der Waals surface area (Å²) in [6.07, 6.45) is 0. The summed E-state index contributed by atoms with van der Waals surface area (Å²) in [5, 5.41) is 0. The van der Waals surface area contributed by atoms with Crippen LogP contribution in [0.5, 0.6) is 11.5 Å². The predicted molar refractivity (Wildman–Crippen MR) is 58.0 cm³/mol. The van der Waals surface area contributed by atoms with Crippen molar-refractivity contribution in [1.82, 2.24) is 0 Å². The number of ether oxygens (including phenoxy) is 3. The molecule has 0 saturated heterocycles. The molecule has 0 atom stereocenters. The molecule has 3 nitrogen and oxygen atoms in total. The van der Waals surface area contributed by atoms with Gasteiger partial charge in [-0.3, -0.25) is 0 Å². The van der Waals surface area contributed by atoms with E-state index in [9.17, 15) is 4.39 Å². The molecule has 0 heterocycles. The van der Waals surface area contributed by atoms with E-state index in [1.54, 1.807) is 7.11 Å². The van der Waals surface area contributed by atoms with Gasteiger partial charge >= 0.3 is 0 Å². The molecular formula is C10H12BrFO3. The van der Waals surface area contributed by atoms with Crippen molar-refractivity contribution in [2.24, 2.45) is 0 Å². The van der Waals surface area contributed by atoms with Crippen molar-refractivity contribution in [1.29, 1.82) is 0 Å². The summed E-state index contributed by atoms with van der Waals surface area (Å²) in [5.74, 6) is 0.473. The van der Waals surface area contributed by atoms with Crippen LogP contribution in [0.15, 0.2) is 16.6 Å². The maximum atomic E-state index is 13.1. The highest BCUT2D eigenvalue weighted by Gasteiger charge is 2.09. The van der Waals surface area contributed by atoms with Gasteiger partial charge in [-0.15, -0.1) is 0 Å². The lowest BCUT2D eigenvalue weighted by atomic mass is 10.3. The van der Waals surface area contributed by atoms with Crippen LogP contribution in [0.25, 0.3) is 0 Å². The Labute approximate surface area is 96.3 Å². The van der Waals surface area contributed by atoms with E-state index in [1.807, 2.05) is 0 Å². The Bertz CT molecular complexity index is 331. The molecule has 0 aromatic heterocycles. The molecule has 5 heteroatoms. The normalized spacial score (nSPS) is 10.1. The molecule has 0 bridgehead atoms. The molecular weight excluding hydrogens is 267 g/mol. The third-order valence-corrected chi connectivity index (χ3v) is 2.36. The first-order valence-corrected chi connectivity index (χ1v) is 5.13. The van der Waals surface area contributed by atoms with Crippen molar-refractivity contribution in [2.75, 3.05) is 27.4 Å². The van der Waals surface area contributed by atoms with Crippen LogP contribution in [-0.2, 0) is 4.74 Å². The van der Waals surface area contributed by atoms with Crippen LogP contribution in [0.1, 0.15) is 0 Å². The van der Waals surface area contributed by atoms with E-state index in [0.717, 1.165) is 0 Å². The summed E-state index contributed by atoms with van der Waals surface area (Å²) < 4.78 is 28.7. The van der Waals surface area contributed by atoms with E-state index >= 15 is 0 Å². The number of hydrogen-bond donors (Lipinski definition) is 0. The molecule has 0 amide bonds. The third kappa shape index (κ3) is 3.35. The second-order valence-corrected chi connectivity index (χ2v) is 3.61. The number of rotatable bonds is 5. The monoisotopic (exact) mass is 278 g/mol. The Hall–Kier alpha value is -0.810. The minimum atomic E-state index is -0.383. The van der Waals surface area contributed by atoms with Crippen LogP contribution in [0, 0.1) is 5.82 Å². The quantitative estimate of drug-likeness (QED) is 0.775. The number of benzene rings is 1. The summed E-state index contributed by atoms with van der Waals surface area (Å²) in [6.45, 7) is 0.864. The lowest BCUT2D eigenvalue weighted by molar-refractivity contribution is 0.144. The summed E-state index contributed by atoms with van der Waals surface area (Å²) in [6, 6.07) is 2.80. The van der Waals surface area contributed by atoms with E-state index in [2.05, 4.69) is 15.9 Å². The van der Waals surface area contributed by atoms with Crippen molar-refractivity contribution >= 4 is 15.9 Å². The minimum absolute atomic E-state index is 0.343. The average Bonchev–Trinajstić information content (AvgIpc) is 2.23. The topological polar surface area (TPSA) is 27.7 Å². The molecule has 1 aromatic rings. The van der Waals surface area contributed by atoms with Gasteiger partial charge in [0.25, 0.3) is 0 Å². The minimum Gasteiger partial charge on any atom is -0.493 e. The van der Waals surface area contributed by atoms with Crippen LogP contribution >= 0.6 is 15.9 Å². The second kappa shape index (κ2) is 5.92. The van der Waals surface area contributed by atoms with E-state index in [1.165, 1.54) is 19.2 Å². The van der Waals surface area contributed by atoms with Crippen LogP contribution < -0.4 is 9.47 Å². The van der Waals surface area contributed by atoms with Gasteiger partial charge in [0.05, 0.1) is 18.2 Å². The highest BCUT2D eigenvalue weighted by molar-refractivity contribution is 9.10. The van der Waals surface area contributed by atoms with Gasteiger partial charge in [0, 0.05) is 19.2 Å². The third-order valence-electron chi connectivity index (χ3n) is 1.75. The highest BCUT2D eigenvalue weighted by Crippen LogP contribution is 2.32. The fraction of sp³-hybridized carbons (Fsp3) is 0.400. The van der Waals surface area contributed by atoms with Crippen LogP contribution in [0.3, 0.4) is 0 Å². The van der Waals surface area contributed by atoms with E-state index in [0.29, 0.717) is 29.2 Å². The van der Waals surface area contributed by atoms with Gasteiger partial charge < -0.3 is 14.2 Å². The number of halogens is 2. The first-order chi connectivity index (χ1) is 7.19. The smallest absolute Gasteiger partial charge is 0.163 e. The zero-order valence-electron chi connectivity index (χ0n) is 8.55. The standard InChI is InChI=1S/C10H12BrFO3/c1-13-3-4-15-10-5-7(11)8(12)6-9(10)14-2/h5-6H,3-4H2,1-2H3. The summed E-state index contributed by atoms with van der Waals surface area (Å²) in [7, 11) is 3.05. The Kier molecular flexibility index (Phi) is 4.84. The largest absolute Gasteiger partial charge is 0.493 e. The van der Waals surface area contributed by atoms with Crippen molar-refractivity contribution in [2.45, 2.75) is 0 Å². The van der Waals surface area contributed by atoms with Gasteiger partial charge in [-0.1, -0.05) is 0 Å². The summed E-state index contributed by atoms with van der Waals surface area (Å²) in [4.78, 5) is 0. The van der Waals surface area contributed by atoms with Crippen LogP contribution in [-0.4, -0.2) is 27.4 Å². The highest BCUT2D eigenvalue weighted by atomic mass is 79.9. The van der Waals surface area contributed by atoms with Crippen molar-refractivity contribution < 1.29 is 18.6 Å². The van der Waals surface area contributed by atoms with Gasteiger partial charge in [0.2, 0.25) is 0 Å². The van der Waals surface area contributed by atoms with E-state index in [4.69, 9.17) is 14.2 Å². The SMILES string of the molecule is COCCOc1cc(Br)c(F)cc1OC. The van der Waals surface area contributed by atoms with Crippen molar-refractivity contribution in [3.05, 3.63) is 22.4 Å². The zero-order valence-corrected chi connectivity index (χ0v) is 10.1. The molecule has 0 aliphatic heterocycles. The molecule has 0 aliphatic carbocycles. The maximum absolute atomic E-state index is 13.1. The molecule has 0 spiro atoms. The van der Waals surface area contributed by atoms with Gasteiger partial charge in [-0.25, -0.2) is 4.39 Å². The molecule has 0 N–H and O–H groups in total. The fourth-order valence-electron chi connectivity index (χ4n) is 1.02. The lowest BCUT2D eigenvalue weighted by Gasteiger charge is -2.11. The molecule has 84 valence electrons. The van der Waals surface area contributed by atoms with Crippen molar-refractivity contribution in [3.8, 4) is 11.5 Å². The average molecular weight is 279 g/mol. The van der Waals surface area contributed by atoms with Crippen LogP contribution in [0.2, 0.25) is 0 Å². The summed E-state index contributed by atoms with van der Waals surface area (Å²) in [5.41, 5.74) is 0. The number of methoxy groups -OCH3 is 2. The van der Waals surface area contributed by atoms with E-state index < -0.39 is 0 Å². The van der Waals surface area contributed by atoms with Crippen LogP contribution in [0.4, 0.5) is 4.39 Å². The first kappa shape index (κ1) is 12.3. The lowest BCUT2D eigenvalue weighted by Crippen LogP contribution is -2.05. The molecule has 1 rings (SSSR count).